The summed E-state index contributed by atoms with van der Waals surface area (Å²) in [5, 5.41) is 1.67. The predicted octanol–water partition coefficient (Wildman–Crippen LogP) is 2.03. The Morgan fingerprint density at radius 3 is 2.68 bits per heavy atom. The summed E-state index contributed by atoms with van der Waals surface area (Å²) in [6.45, 7) is 2.15. The fourth-order valence-electron chi connectivity index (χ4n) is 3.67. The van der Waals surface area contributed by atoms with Gasteiger partial charge in [0.15, 0.2) is 5.52 Å². The summed E-state index contributed by atoms with van der Waals surface area (Å²) < 4.78 is 8.29. The quantitative estimate of drug-likeness (QED) is 0.434. The maximum absolute atomic E-state index is 13.3. The van der Waals surface area contributed by atoms with Crippen LogP contribution in [0.5, 0.6) is 0 Å². The van der Waals surface area contributed by atoms with Crippen molar-refractivity contribution in [3.8, 4) is 0 Å². The van der Waals surface area contributed by atoms with E-state index in [-0.39, 0.29) is 24.2 Å². The van der Waals surface area contributed by atoms with Crippen LogP contribution < -0.4 is 16.8 Å². The van der Waals surface area contributed by atoms with Crippen molar-refractivity contribution >= 4 is 28.2 Å². The first-order valence-electron chi connectivity index (χ1n) is 9.62. The molecule has 5 rings (SSSR count). The first kappa shape index (κ1) is 19.1. The normalized spacial score (nSPS) is 11.4. The van der Waals surface area contributed by atoms with E-state index in [0.29, 0.717) is 16.9 Å². The molecule has 0 aliphatic rings. The SMILES string of the molecule is Cc1cccc(Cn2c(=O)c3nscc3n(Cc3cc(=O)n4ccccc4n3)c2=O)c1. The number of pyridine rings is 1. The highest BCUT2D eigenvalue weighted by Crippen LogP contribution is 2.12. The van der Waals surface area contributed by atoms with Gasteiger partial charge in [0.2, 0.25) is 0 Å². The molecule has 0 amide bonds. The lowest BCUT2D eigenvalue weighted by Crippen LogP contribution is -2.40. The van der Waals surface area contributed by atoms with Gasteiger partial charge >= 0.3 is 5.69 Å². The summed E-state index contributed by atoms with van der Waals surface area (Å²) >= 11 is 1.11. The van der Waals surface area contributed by atoms with E-state index in [1.807, 2.05) is 31.2 Å². The van der Waals surface area contributed by atoms with Crippen molar-refractivity contribution in [3.05, 3.63) is 108 Å². The van der Waals surface area contributed by atoms with Crippen LogP contribution >= 0.6 is 11.5 Å². The third-order valence-electron chi connectivity index (χ3n) is 5.12. The Bertz CT molecular complexity index is 1630. The van der Waals surface area contributed by atoms with E-state index < -0.39 is 11.2 Å². The molecule has 9 heteroatoms. The number of aromatic nitrogens is 5. The first-order valence-corrected chi connectivity index (χ1v) is 10.5. The Kier molecular flexibility index (Phi) is 4.59. The molecule has 0 saturated carbocycles. The number of rotatable bonds is 4. The van der Waals surface area contributed by atoms with Crippen molar-refractivity contribution in [1.29, 1.82) is 0 Å². The minimum Gasteiger partial charge on any atom is -0.285 e. The number of fused-ring (bicyclic) bond motifs is 2. The second-order valence-corrected chi connectivity index (χ2v) is 7.94. The summed E-state index contributed by atoms with van der Waals surface area (Å²) in [7, 11) is 0. The molecule has 5 aromatic rings. The lowest BCUT2D eigenvalue weighted by Gasteiger charge is -2.12. The molecular formula is C22H17N5O3S. The van der Waals surface area contributed by atoms with Gasteiger partial charge in [-0.1, -0.05) is 35.9 Å². The van der Waals surface area contributed by atoms with Gasteiger partial charge in [-0.05, 0) is 36.2 Å². The van der Waals surface area contributed by atoms with Gasteiger partial charge in [0.25, 0.3) is 11.1 Å². The van der Waals surface area contributed by atoms with E-state index in [4.69, 9.17) is 0 Å². The van der Waals surface area contributed by atoms with Crippen LogP contribution in [0.25, 0.3) is 16.7 Å². The van der Waals surface area contributed by atoms with Gasteiger partial charge in [0.05, 0.1) is 24.3 Å². The molecule has 4 aromatic heterocycles. The van der Waals surface area contributed by atoms with Crippen molar-refractivity contribution in [3.63, 3.8) is 0 Å². The predicted molar refractivity (Wildman–Crippen MR) is 119 cm³/mol. The van der Waals surface area contributed by atoms with E-state index in [2.05, 4.69) is 9.36 Å². The van der Waals surface area contributed by atoms with E-state index in [1.165, 1.54) is 19.6 Å². The average molecular weight is 431 g/mol. The number of benzene rings is 1. The Balaban J connectivity index is 1.67. The van der Waals surface area contributed by atoms with E-state index in [1.54, 1.807) is 29.8 Å². The Labute approximate surface area is 179 Å². The number of aryl methyl sites for hydroxylation is 1. The first-order chi connectivity index (χ1) is 15.0. The van der Waals surface area contributed by atoms with Gasteiger partial charge in [-0.2, -0.15) is 4.37 Å². The molecule has 0 atom stereocenters. The van der Waals surface area contributed by atoms with Gasteiger partial charge in [-0.25, -0.2) is 9.78 Å². The van der Waals surface area contributed by atoms with Crippen molar-refractivity contribution < 1.29 is 0 Å². The van der Waals surface area contributed by atoms with E-state index >= 15 is 0 Å². The highest BCUT2D eigenvalue weighted by atomic mass is 32.1. The second-order valence-electron chi connectivity index (χ2n) is 7.31. The summed E-state index contributed by atoms with van der Waals surface area (Å²) in [4.78, 5) is 43.3. The third kappa shape index (κ3) is 3.38. The van der Waals surface area contributed by atoms with Crippen LogP contribution in [0.15, 0.2) is 74.5 Å². The summed E-state index contributed by atoms with van der Waals surface area (Å²) in [6.07, 6.45) is 1.64. The smallest absolute Gasteiger partial charge is 0.285 e. The summed E-state index contributed by atoms with van der Waals surface area (Å²) in [5.74, 6) is 0. The van der Waals surface area contributed by atoms with E-state index in [0.717, 1.165) is 22.7 Å². The maximum atomic E-state index is 13.3. The second kappa shape index (κ2) is 7.44. The third-order valence-corrected chi connectivity index (χ3v) is 5.74. The molecule has 0 fully saturated rings. The summed E-state index contributed by atoms with van der Waals surface area (Å²) in [6, 6.07) is 14.3. The topological polar surface area (TPSA) is 91.3 Å². The molecule has 0 bridgehead atoms. The summed E-state index contributed by atoms with van der Waals surface area (Å²) in [5.41, 5.74) is 2.37. The van der Waals surface area contributed by atoms with Crippen LogP contribution in [-0.4, -0.2) is 22.9 Å². The lowest BCUT2D eigenvalue weighted by molar-refractivity contribution is 0.628. The van der Waals surface area contributed by atoms with Crippen LogP contribution in [0.1, 0.15) is 16.8 Å². The highest BCUT2D eigenvalue weighted by Gasteiger charge is 2.17. The van der Waals surface area contributed by atoms with Gasteiger partial charge in [0, 0.05) is 17.6 Å². The average Bonchev–Trinajstić information content (AvgIpc) is 3.24. The Morgan fingerprint density at radius 2 is 1.84 bits per heavy atom. The zero-order valence-electron chi connectivity index (χ0n) is 16.6. The van der Waals surface area contributed by atoms with Gasteiger partial charge in [-0.15, -0.1) is 0 Å². The minimum absolute atomic E-state index is 0.0580. The molecule has 4 heterocycles. The zero-order valence-corrected chi connectivity index (χ0v) is 17.4. The lowest BCUT2D eigenvalue weighted by atomic mass is 10.1. The van der Waals surface area contributed by atoms with Crippen LogP contribution in [0.4, 0.5) is 0 Å². The molecule has 0 unspecified atom stereocenters. The van der Waals surface area contributed by atoms with Gasteiger partial charge in [0.1, 0.15) is 5.65 Å². The molecule has 0 saturated heterocycles. The van der Waals surface area contributed by atoms with Gasteiger partial charge in [-0.3, -0.25) is 23.1 Å². The van der Waals surface area contributed by atoms with Crippen LogP contribution in [-0.2, 0) is 13.1 Å². The molecule has 0 radical (unpaired) electrons. The molecule has 31 heavy (non-hydrogen) atoms. The standard InChI is InChI=1S/C22H17N5O3S/c1-14-5-4-6-15(9-14)11-27-21(29)20-17(13-31-24-20)26(22(27)30)12-16-10-19(28)25-8-3-2-7-18(25)23-16/h2-10,13H,11-12H2,1H3. The monoisotopic (exact) mass is 431 g/mol. The largest absolute Gasteiger partial charge is 0.332 e. The number of nitrogens with zero attached hydrogens (tertiary/aromatic N) is 5. The molecule has 8 nitrogen and oxygen atoms in total. The van der Waals surface area contributed by atoms with Crippen molar-refractivity contribution in [2.45, 2.75) is 20.0 Å². The van der Waals surface area contributed by atoms with Crippen molar-refractivity contribution in [2.24, 2.45) is 0 Å². The van der Waals surface area contributed by atoms with Crippen molar-refractivity contribution in [2.75, 3.05) is 0 Å². The number of hydrogen-bond acceptors (Lipinski definition) is 6. The molecule has 1 aromatic carbocycles. The fourth-order valence-corrected chi connectivity index (χ4v) is 4.33. The Hall–Kier alpha value is -3.85. The van der Waals surface area contributed by atoms with Crippen molar-refractivity contribution in [1.82, 2.24) is 22.9 Å². The Morgan fingerprint density at radius 1 is 0.968 bits per heavy atom. The van der Waals surface area contributed by atoms with E-state index in [9.17, 15) is 14.4 Å². The zero-order chi connectivity index (χ0) is 21.5. The van der Waals surface area contributed by atoms with Crippen LogP contribution in [0.2, 0.25) is 0 Å². The maximum Gasteiger partial charge on any atom is 0.332 e. The van der Waals surface area contributed by atoms with Crippen LogP contribution in [0, 0.1) is 6.92 Å². The fraction of sp³-hybridized carbons (Fsp3) is 0.136. The van der Waals surface area contributed by atoms with Gasteiger partial charge < -0.3 is 0 Å². The molecular weight excluding hydrogens is 414 g/mol. The van der Waals surface area contributed by atoms with Crippen LogP contribution in [0.3, 0.4) is 0 Å². The molecule has 0 spiro atoms. The molecule has 0 N–H and O–H groups in total. The molecule has 0 aliphatic carbocycles. The molecule has 154 valence electrons. The highest BCUT2D eigenvalue weighted by molar-refractivity contribution is 7.04. The minimum atomic E-state index is -0.464. The number of hydrogen-bond donors (Lipinski definition) is 0. The molecule has 0 aliphatic heterocycles.